The zero-order valence-electron chi connectivity index (χ0n) is 7.70. The van der Waals surface area contributed by atoms with Gasteiger partial charge in [0.2, 0.25) is 7.28 Å². The van der Waals surface area contributed by atoms with Gasteiger partial charge in [-0.1, -0.05) is 35.8 Å². The van der Waals surface area contributed by atoms with Crippen molar-refractivity contribution in [2.75, 3.05) is 0 Å². The molecule has 0 radical (unpaired) electrons. The first-order valence-electron chi connectivity index (χ1n) is 3.97. The van der Waals surface area contributed by atoms with E-state index in [0.29, 0.717) is 0 Å². The number of benzene rings is 1. The maximum absolute atomic E-state index is 4.16. The highest BCUT2D eigenvalue weighted by atomic mass is 16.0. The second-order valence-corrected chi connectivity index (χ2v) is 2.70. The molecule has 0 aliphatic heterocycles. The van der Waals surface area contributed by atoms with Gasteiger partial charge < -0.3 is 15.9 Å². The molecule has 74 valence electrons. The highest BCUT2D eigenvalue weighted by Gasteiger charge is 1.98. The number of H-pyrrole nitrogens is 1. The number of hydrogen-bond acceptors (Lipinski definition) is 1. The van der Waals surface area contributed by atoms with Crippen LogP contribution in [0.4, 0.5) is 0 Å². The maximum Gasteiger partial charge on any atom is 0.237 e. The van der Waals surface area contributed by atoms with Crippen LogP contribution in [-0.4, -0.2) is 28.2 Å². The van der Waals surface area contributed by atoms with E-state index in [9.17, 15) is 0 Å². The number of rotatable bonds is 2. The third kappa shape index (κ3) is 3.04. The van der Waals surface area contributed by atoms with Crippen LogP contribution < -0.4 is 11.2 Å². The van der Waals surface area contributed by atoms with Gasteiger partial charge in [0, 0.05) is 12.4 Å². The summed E-state index contributed by atoms with van der Waals surface area (Å²) in [5.74, 6) is 0. The SMILES string of the molecule is B(c1ccccc1)c1ncc[nH]1.O.O. The Morgan fingerprint density at radius 2 is 1.79 bits per heavy atom. The van der Waals surface area contributed by atoms with Crippen LogP contribution in [0.5, 0.6) is 0 Å². The van der Waals surface area contributed by atoms with Crippen molar-refractivity contribution in [2.24, 2.45) is 0 Å². The number of nitrogens with one attached hydrogen (secondary N) is 1. The van der Waals surface area contributed by atoms with E-state index in [4.69, 9.17) is 0 Å². The monoisotopic (exact) mass is 192 g/mol. The third-order valence-corrected chi connectivity index (χ3v) is 1.77. The molecule has 4 nitrogen and oxygen atoms in total. The van der Waals surface area contributed by atoms with E-state index in [0.717, 1.165) is 13.0 Å². The Bertz CT molecular complexity index is 337. The van der Waals surface area contributed by atoms with Crippen molar-refractivity contribution >= 4 is 18.5 Å². The summed E-state index contributed by atoms with van der Waals surface area (Å²) < 4.78 is 0. The average Bonchev–Trinajstić information content (AvgIpc) is 2.59. The molecule has 2 aromatic rings. The van der Waals surface area contributed by atoms with Crippen molar-refractivity contribution < 1.29 is 11.0 Å². The summed E-state index contributed by atoms with van der Waals surface area (Å²) in [6.07, 6.45) is 3.62. The number of aromatic nitrogens is 2. The fraction of sp³-hybridized carbons (Fsp3) is 0. The fourth-order valence-electron chi connectivity index (χ4n) is 1.18. The summed E-state index contributed by atoms with van der Waals surface area (Å²) >= 11 is 0. The van der Waals surface area contributed by atoms with Crippen molar-refractivity contribution in [1.82, 2.24) is 9.97 Å². The lowest BCUT2D eigenvalue weighted by Crippen LogP contribution is -2.29. The standard InChI is InChI=1S/C9H9BN2.2H2O/c1-2-4-8(5-3-1)10-9-11-6-7-12-9;;/h1-7,10H,(H,11,12);2*1H2. The lowest BCUT2D eigenvalue weighted by molar-refractivity contribution is 0.823. The van der Waals surface area contributed by atoms with E-state index in [2.05, 4.69) is 22.1 Å². The van der Waals surface area contributed by atoms with Crippen molar-refractivity contribution in [2.45, 2.75) is 0 Å². The minimum atomic E-state index is 0. The quantitative estimate of drug-likeness (QED) is 0.555. The molecule has 0 amide bonds. The summed E-state index contributed by atoms with van der Waals surface area (Å²) in [5.41, 5.74) is 2.30. The summed E-state index contributed by atoms with van der Waals surface area (Å²) in [5, 5.41) is 0. The first kappa shape index (κ1) is 12.4. The first-order chi connectivity index (χ1) is 5.95. The molecule has 0 bridgehead atoms. The second kappa shape index (κ2) is 5.96. The molecule has 5 heteroatoms. The zero-order valence-corrected chi connectivity index (χ0v) is 7.70. The lowest BCUT2D eigenvalue weighted by atomic mass is 9.70. The predicted octanol–water partition coefficient (Wildman–Crippen LogP) is -1.85. The van der Waals surface area contributed by atoms with Crippen LogP contribution in [0.2, 0.25) is 0 Å². The van der Waals surface area contributed by atoms with Gasteiger partial charge in [0.1, 0.15) is 0 Å². The topological polar surface area (TPSA) is 91.7 Å². The van der Waals surface area contributed by atoms with Gasteiger partial charge >= 0.3 is 0 Å². The van der Waals surface area contributed by atoms with Crippen LogP contribution in [0.15, 0.2) is 42.7 Å². The molecule has 1 heterocycles. The van der Waals surface area contributed by atoms with Crippen molar-refractivity contribution in [1.29, 1.82) is 0 Å². The third-order valence-electron chi connectivity index (χ3n) is 1.77. The van der Waals surface area contributed by atoms with Crippen LogP contribution in [0.3, 0.4) is 0 Å². The Balaban J connectivity index is 0.000000845. The predicted molar refractivity (Wildman–Crippen MR) is 58.7 cm³/mol. The maximum atomic E-state index is 4.16. The van der Waals surface area contributed by atoms with E-state index in [1.165, 1.54) is 5.46 Å². The molecule has 0 spiro atoms. The van der Waals surface area contributed by atoms with Crippen LogP contribution >= 0.6 is 0 Å². The average molecular weight is 192 g/mol. The Morgan fingerprint density at radius 1 is 1.07 bits per heavy atom. The summed E-state index contributed by atoms with van der Waals surface area (Å²) in [4.78, 5) is 7.23. The van der Waals surface area contributed by atoms with Crippen molar-refractivity contribution in [3.8, 4) is 0 Å². The van der Waals surface area contributed by atoms with Crippen LogP contribution in [-0.2, 0) is 0 Å². The highest BCUT2D eigenvalue weighted by molar-refractivity contribution is 6.65. The van der Waals surface area contributed by atoms with Gasteiger partial charge in [-0.2, -0.15) is 0 Å². The van der Waals surface area contributed by atoms with Gasteiger partial charge in [0.15, 0.2) is 0 Å². The smallest absolute Gasteiger partial charge is 0.237 e. The Labute approximate surface area is 82.9 Å². The Kier molecular flexibility index (Phi) is 5.28. The number of hydrogen-bond donors (Lipinski definition) is 1. The summed E-state index contributed by atoms with van der Waals surface area (Å²) in [7, 11) is 0.883. The molecule has 0 atom stereocenters. The van der Waals surface area contributed by atoms with Gasteiger partial charge in [-0.15, -0.1) is 0 Å². The lowest BCUT2D eigenvalue weighted by Gasteiger charge is -1.93. The minimum absolute atomic E-state index is 0. The molecule has 5 N–H and O–H groups in total. The molecule has 0 aliphatic carbocycles. The molecule has 0 saturated heterocycles. The molecule has 0 unspecified atom stereocenters. The molecule has 1 aromatic carbocycles. The first-order valence-corrected chi connectivity index (χ1v) is 3.97. The molecule has 0 aliphatic rings. The van der Waals surface area contributed by atoms with Gasteiger partial charge in [0.05, 0.1) is 5.72 Å². The van der Waals surface area contributed by atoms with Crippen molar-refractivity contribution in [3.05, 3.63) is 42.7 Å². The molecule has 2 rings (SSSR count). The fourth-order valence-corrected chi connectivity index (χ4v) is 1.18. The van der Waals surface area contributed by atoms with Gasteiger partial charge in [-0.05, 0) is 0 Å². The molecular weight excluding hydrogens is 179 g/mol. The Morgan fingerprint density at radius 3 is 2.36 bits per heavy atom. The van der Waals surface area contributed by atoms with Crippen LogP contribution in [0.1, 0.15) is 0 Å². The zero-order chi connectivity index (χ0) is 8.23. The minimum Gasteiger partial charge on any atom is -0.412 e. The second-order valence-electron chi connectivity index (χ2n) is 2.70. The highest BCUT2D eigenvalue weighted by Crippen LogP contribution is 1.80. The number of aromatic amines is 1. The molecular formula is C9H13BN2O2. The van der Waals surface area contributed by atoms with Gasteiger partial charge in [0.25, 0.3) is 0 Å². The molecule has 0 saturated carbocycles. The normalized spacial score (nSPS) is 8.29. The largest absolute Gasteiger partial charge is 0.412 e. The van der Waals surface area contributed by atoms with Crippen LogP contribution in [0.25, 0.3) is 0 Å². The van der Waals surface area contributed by atoms with Crippen LogP contribution in [0, 0.1) is 0 Å². The summed E-state index contributed by atoms with van der Waals surface area (Å²) in [6.45, 7) is 0. The van der Waals surface area contributed by atoms with E-state index < -0.39 is 0 Å². The molecule has 14 heavy (non-hydrogen) atoms. The van der Waals surface area contributed by atoms with Gasteiger partial charge in [-0.25, -0.2) is 0 Å². The van der Waals surface area contributed by atoms with Crippen molar-refractivity contribution in [3.63, 3.8) is 0 Å². The summed E-state index contributed by atoms with van der Waals surface area (Å²) in [6, 6.07) is 10.3. The number of nitrogens with zero attached hydrogens (tertiary/aromatic N) is 1. The van der Waals surface area contributed by atoms with Gasteiger partial charge in [-0.3, -0.25) is 4.98 Å². The molecule has 1 aromatic heterocycles. The van der Waals surface area contributed by atoms with E-state index in [-0.39, 0.29) is 11.0 Å². The number of imidazole rings is 1. The Hall–Kier alpha value is -1.59. The molecule has 0 fully saturated rings. The van der Waals surface area contributed by atoms with E-state index in [1.54, 1.807) is 6.20 Å². The van der Waals surface area contributed by atoms with E-state index in [1.807, 2.05) is 24.4 Å². The van der Waals surface area contributed by atoms with E-state index >= 15 is 0 Å².